The molecule has 3 heteroatoms. The zero-order valence-electron chi connectivity index (χ0n) is 9.82. The van der Waals surface area contributed by atoms with Gasteiger partial charge in [-0.15, -0.1) is 0 Å². The van der Waals surface area contributed by atoms with Gasteiger partial charge >= 0.3 is 0 Å². The summed E-state index contributed by atoms with van der Waals surface area (Å²) in [6.07, 6.45) is 8.04. The van der Waals surface area contributed by atoms with Crippen molar-refractivity contribution in [1.29, 1.82) is 0 Å². The van der Waals surface area contributed by atoms with Crippen molar-refractivity contribution < 1.29 is 9.21 Å². The first-order chi connectivity index (χ1) is 7.75. The van der Waals surface area contributed by atoms with Gasteiger partial charge in [-0.2, -0.15) is 0 Å². The fraction of sp³-hybridized carbons (Fsp3) is 0.615. The summed E-state index contributed by atoms with van der Waals surface area (Å²) in [4.78, 5) is 14.0. The Morgan fingerprint density at radius 2 is 2.25 bits per heavy atom. The standard InChI is InChI=1S/C13H19NO2/c1-14(8-11-6-7-16-10-11)9-13(15)12-4-2-3-5-12/h6-7,10,12H,2-5,8-9H2,1H3. The number of nitrogens with zero attached hydrogens (tertiary/aromatic N) is 1. The molecule has 1 aromatic rings. The highest BCUT2D eigenvalue weighted by atomic mass is 16.3. The SMILES string of the molecule is CN(CC(=O)C1CCCC1)Cc1ccoc1. The second-order valence-corrected chi connectivity index (χ2v) is 4.75. The van der Waals surface area contributed by atoms with Gasteiger partial charge < -0.3 is 4.42 Å². The minimum atomic E-state index is 0.326. The molecule has 1 saturated carbocycles. The number of hydrogen-bond acceptors (Lipinski definition) is 3. The summed E-state index contributed by atoms with van der Waals surface area (Å²) in [6.45, 7) is 1.35. The summed E-state index contributed by atoms with van der Waals surface area (Å²) in [7, 11) is 1.99. The van der Waals surface area contributed by atoms with E-state index in [2.05, 4.69) is 4.90 Å². The van der Waals surface area contributed by atoms with E-state index in [0.717, 1.165) is 24.9 Å². The lowest BCUT2D eigenvalue weighted by atomic mass is 10.0. The summed E-state index contributed by atoms with van der Waals surface area (Å²) in [5.41, 5.74) is 1.13. The summed E-state index contributed by atoms with van der Waals surface area (Å²) < 4.78 is 5.01. The molecule has 1 fully saturated rings. The van der Waals surface area contributed by atoms with Gasteiger partial charge in [0.1, 0.15) is 5.78 Å². The molecule has 1 aliphatic rings. The topological polar surface area (TPSA) is 33.5 Å². The third kappa shape index (κ3) is 2.95. The van der Waals surface area contributed by atoms with E-state index < -0.39 is 0 Å². The highest BCUT2D eigenvalue weighted by molar-refractivity contribution is 5.83. The molecular formula is C13H19NO2. The fourth-order valence-corrected chi connectivity index (χ4v) is 2.39. The fourth-order valence-electron chi connectivity index (χ4n) is 2.39. The lowest BCUT2D eigenvalue weighted by Crippen LogP contribution is -2.29. The molecule has 0 spiro atoms. The zero-order valence-corrected chi connectivity index (χ0v) is 9.82. The Balaban J connectivity index is 1.78. The van der Waals surface area contributed by atoms with Crippen molar-refractivity contribution in [2.24, 2.45) is 5.92 Å². The van der Waals surface area contributed by atoms with Crippen molar-refractivity contribution in [3.63, 3.8) is 0 Å². The number of Topliss-reactive ketones (excluding diaryl/α,β-unsaturated/α-hetero) is 1. The maximum Gasteiger partial charge on any atom is 0.149 e. The molecule has 1 heterocycles. The highest BCUT2D eigenvalue weighted by Gasteiger charge is 2.23. The van der Waals surface area contributed by atoms with Crippen LogP contribution < -0.4 is 0 Å². The molecule has 3 nitrogen and oxygen atoms in total. The van der Waals surface area contributed by atoms with E-state index in [4.69, 9.17) is 4.42 Å². The molecule has 0 bridgehead atoms. The van der Waals surface area contributed by atoms with Crippen molar-refractivity contribution in [3.05, 3.63) is 24.2 Å². The molecular weight excluding hydrogens is 202 g/mol. The predicted molar refractivity (Wildman–Crippen MR) is 62.0 cm³/mol. The predicted octanol–water partition coefficient (Wildman–Crippen LogP) is 2.47. The summed E-state index contributed by atoms with van der Waals surface area (Å²) in [5, 5.41) is 0. The van der Waals surface area contributed by atoms with Gasteiger partial charge in [0.15, 0.2) is 0 Å². The van der Waals surface area contributed by atoms with Crippen LogP contribution in [0.25, 0.3) is 0 Å². The molecule has 0 amide bonds. The Hall–Kier alpha value is -1.09. The molecule has 0 saturated heterocycles. The molecule has 1 aliphatic carbocycles. The maximum atomic E-state index is 11.9. The average Bonchev–Trinajstić information content (AvgIpc) is 2.88. The highest BCUT2D eigenvalue weighted by Crippen LogP contribution is 2.25. The van der Waals surface area contributed by atoms with Gasteiger partial charge in [0, 0.05) is 18.0 Å². The van der Waals surface area contributed by atoms with Crippen molar-refractivity contribution in [2.75, 3.05) is 13.6 Å². The van der Waals surface area contributed by atoms with Crippen molar-refractivity contribution >= 4 is 5.78 Å². The summed E-state index contributed by atoms with van der Waals surface area (Å²) >= 11 is 0. The van der Waals surface area contributed by atoms with Crippen LogP contribution in [-0.2, 0) is 11.3 Å². The molecule has 0 aromatic carbocycles. The number of rotatable bonds is 5. The lowest BCUT2D eigenvalue weighted by Gasteiger charge is -2.17. The zero-order chi connectivity index (χ0) is 11.4. The van der Waals surface area contributed by atoms with Crippen LogP contribution in [0.4, 0.5) is 0 Å². The lowest BCUT2D eigenvalue weighted by molar-refractivity contribution is -0.123. The van der Waals surface area contributed by atoms with Crippen LogP contribution in [0.5, 0.6) is 0 Å². The third-order valence-corrected chi connectivity index (χ3v) is 3.27. The molecule has 88 valence electrons. The van der Waals surface area contributed by atoms with Gasteiger partial charge in [0.05, 0.1) is 19.1 Å². The Kier molecular flexibility index (Phi) is 3.78. The Labute approximate surface area is 96.4 Å². The number of hydrogen-bond donors (Lipinski definition) is 0. The van der Waals surface area contributed by atoms with Gasteiger partial charge in [-0.25, -0.2) is 0 Å². The molecule has 2 rings (SSSR count). The minimum absolute atomic E-state index is 0.326. The van der Waals surface area contributed by atoms with E-state index in [0.29, 0.717) is 18.2 Å². The first-order valence-corrected chi connectivity index (χ1v) is 5.98. The van der Waals surface area contributed by atoms with Gasteiger partial charge in [0.25, 0.3) is 0 Å². The molecule has 0 radical (unpaired) electrons. The van der Waals surface area contributed by atoms with E-state index in [9.17, 15) is 4.79 Å². The largest absolute Gasteiger partial charge is 0.472 e. The molecule has 0 unspecified atom stereocenters. The Morgan fingerprint density at radius 1 is 1.50 bits per heavy atom. The Morgan fingerprint density at radius 3 is 2.88 bits per heavy atom. The van der Waals surface area contributed by atoms with Crippen LogP contribution in [0.1, 0.15) is 31.2 Å². The van der Waals surface area contributed by atoms with Gasteiger partial charge in [-0.1, -0.05) is 12.8 Å². The smallest absolute Gasteiger partial charge is 0.149 e. The summed E-state index contributed by atoms with van der Waals surface area (Å²) in [6, 6.07) is 1.94. The third-order valence-electron chi connectivity index (χ3n) is 3.27. The van der Waals surface area contributed by atoms with E-state index in [1.165, 1.54) is 12.8 Å². The van der Waals surface area contributed by atoms with E-state index in [-0.39, 0.29) is 0 Å². The molecule has 0 N–H and O–H groups in total. The van der Waals surface area contributed by atoms with Crippen molar-refractivity contribution in [3.8, 4) is 0 Å². The van der Waals surface area contributed by atoms with Crippen LogP contribution in [0.2, 0.25) is 0 Å². The van der Waals surface area contributed by atoms with E-state index in [1.54, 1.807) is 12.5 Å². The average molecular weight is 221 g/mol. The van der Waals surface area contributed by atoms with E-state index in [1.807, 2.05) is 13.1 Å². The van der Waals surface area contributed by atoms with Crippen LogP contribution in [-0.4, -0.2) is 24.3 Å². The van der Waals surface area contributed by atoms with E-state index >= 15 is 0 Å². The van der Waals surface area contributed by atoms with Gasteiger partial charge in [-0.05, 0) is 26.0 Å². The summed E-state index contributed by atoms with van der Waals surface area (Å²) in [5.74, 6) is 0.732. The van der Waals surface area contributed by atoms with Gasteiger partial charge in [-0.3, -0.25) is 9.69 Å². The van der Waals surface area contributed by atoms with Crippen molar-refractivity contribution in [2.45, 2.75) is 32.2 Å². The first-order valence-electron chi connectivity index (χ1n) is 5.98. The van der Waals surface area contributed by atoms with Crippen LogP contribution in [0.3, 0.4) is 0 Å². The number of ketones is 1. The maximum absolute atomic E-state index is 11.9. The normalized spacial score (nSPS) is 17.1. The number of likely N-dealkylation sites (N-methyl/N-ethyl adjacent to an activating group) is 1. The first kappa shape index (κ1) is 11.4. The number of carbonyl (C=O) groups is 1. The molecule has 16 heavy (non-hydrogen) atoms. The second kappa shape index (κ2) is 5.30. The second-order valence-electron chi connectivity index (χ2n) is 4.75. The van der Waals surface area contributed by atoms with Crippen molar-refractivity contribution in [1.82, 2.24) is 4.90 Å². The monoisotopic (exact) mass is 221 g/mol. The minimum Gasteiger partial charge on any atom is -0.472 e. The van der Waals surface area contributed by atoms with Crippen LogP contribution in [0, 0.1) is 5.92 Å². The number of carbonyl (C=O) groups excluding carboxylic acids is 1. The molecule has 0 aliphatic heterocycles. The number of furan rings is 1. The molecule has 0 atom stereocenters. The molecule has 1 aromatic heterocycles. The van der Waals surface area contributed by atoms with Crippen LogP contribution in [0.15, 0.2) is 23.0 Å². The van der Waals surface area contributed by atoms with Gasteiger partial charge in [0.2, 0.25) is 0 Å². The quantitative estimate of drug-likeness (QED) is 0.766. The van der Waals surface area contributed by atoms with Crippen LogP contribution >= 0.6 is 0 Å². The Bertz CT molecular complexity index is 326.